The van der Waals surface area contributed by atoms with Gasteiger partial charge in [0.1, 0.15) is 0 Å². The van der Waals surface area contributed by atoms with Crippen LogP contribution in [0, 0.1) is 0 Å². The minimum Gasteiger partial charge on any atom is -0.334 e. The largest absolute Gasteiger partial charge is 0.334 e. The van der Waals surface area contributed by atoms with E-state index in [4.69, 9.17) is 0 Å². The van der Waals surface area contributed by atoms with E-state index in [1.165, 1.54) is 18.4 Å². The molecule has 2 amide bonds. The molecule has 1 aliphatic carbocycles. The van der Waals surface area contributed by atoms with Crippen molar-refractivity contribution in [2.75, 3.05) is 5.32 Å². The number of nitrogens with one attached hydrogen (secondary N) is 2. The number of pyridine rings is 1. The van der Waals surface area contributed by atoms with Crippen LogP contribution in [0.25, 0.3) is 0 Å². The summed E-state index contributed by atoms with van der Waals surface area (Å²) in [4.78, 5) is 16.3. The van der Waals surface area contributed by atoms with Crippen molar-refractivity contribution in [2.24, 2.45) is 0 Å². The number of benzene rings is 1. The van der Waals surface area contributed by atoms with Gasteiger partial charge in [-0.2, -0.15) is 5.10 Å². The zero-order valence-electron chi connectivity index (χ0n) is 14.4. The van der Waals surface area contributed by atoms with Crippen LogP contribution in [0.15, 0.2) is 61.1 Å². The molecule has 132 valence electrons. The lowest BCUT2D eigenvalue weighted by atomic mass is 10.1. The normalized spacial score (nSPS) is 13.4. The Morgan fingerprint density at radius 1 is 1.15 bits per heavy atom. The number of anilines is 1. The molecule has 0 bridgehead atoms. The summed E-state index contributed by atoms with van der Waals surface area (Å²) in [7, 11) is 0. The molecule has 0 saturated heterocycles. The second-order valence-corrected chi connectivity index (χ2v) is 6.57. The molecule has 1 aliphatic rings. The predicted octanol–water partition coefficient (Wildman–Crippen LogP) is 3.53. The summed E-state index contributed by atoms with van der Waals surface area (Å²) in [6.07, 6.45) is 7.77. The van der Waals surface area contributed by atoms with Crippen LogP contribution in [0.2, 0.25) is 0 Å². The molecule has 1 saturated carbocycles. The first-order valence-corrected chi connectivity index (χ1v) is 8.82. The van der Waals surface area contributed by atoms with Crippen LogP contribution in [0.1, 0.15) is 35.6 Å². The third-order valence-electron chi connectivity index (χ3n) is 4.42. The highest BCUT2D eigenvalue weighted by Crippen LogP contribution is 2.39. The van der Waals surface area contributed by atoms with Gasteiger partial charge in [0.05, 0.1) is 24.1 Å². The van der Waals surface area contributed by atoms with Gasteiger partial charge < -0.3 is 10.6 Å². The summed E-state index contributed by atoms with van der Waals surface area (Å²) in [6, 6.07) is 14.0. The van der Waals surface area contributed by atoms with Gasteiger partial charge in [0, 0.05) is 18.9 Å². The summed E-state index contributed by atoms with van der Waals surface area (Å²) in [6.45, 7) is 1.07. The van der Waals surface area contributed by atoms with Crippen LogP contribution in [-0.2, 0) is 13.1 Å². The number of nitrogens with zero attached hydrogens (tertiary/aromatic N) is 3. The maximum atomic E-state index is 12.1. The maximum absolute atomic E-state index is 12.1. The Kier molecular flexibility index (Phi) is 4.64. The Labute approximate surface area is 152 Å². The standard InChI is InChI=1S/C20H21N5O/c26-20(22-11-15-4-6-16(7-5-15)17-8-9-17)24-19-12-23-25(14-19)13-18-3-1-2-10-21-18/h1-7,10,12,14,17H,8-9,11,13H2,(H2,22,24,26). The molecular weight excluding hydrogens is 326 g/mol. The molecule has 4 rings (SSSR count). The van der Waals surface area contributed by atoms with Gasteiger partial charge in [-0.05, 0) is 42.0 Å². The summed E-state index contributed by atoms with van der Waals surface area (Å²) in [5, 5.41) is 9.92. The molecule has 2 N–H and O–H groups in total. The van der Waals surface area contributed by atoms with E-state index in [1.807, 2.05) is 18.2 Å². The smallest absolute Gasteiger partial charge is 0.319 e. The van der Waals surface area contributed by atoms with Crippen LogP contribution in [0.4, 0.5) is 10.5 Å². The van der Waals surface area contributed by atoms with Gasteiger partial charge in [-0.25, -0.2) is 4.79 Å². The van der Waals surface area contributed by atoms with Gasteiger partial charge >= 0.3 is 6.03 Å². The first kappa shape index (κ1) is 16.3. The second kappa shape index (κ2) is 7.39. The lowest BCUT2D eigenvalue weighted by molar-refractivity contribution is 0.251. The zero-order valence-corrected chi connectivity index (χ0v) is 14.4. The Morgan fingerprint density at radius 3 is 2.73 bits per heavy atom. The van der Waals surface area contributed by atoms with E-state index >= 15 is 0 Å². The molecule has 2 aromatic heterocycles. The molecular formula is C20H21N5O. The molecule has 6 heteroatoms. The average molecular weight is 347 g/mol. The summed E-state index contributed by atoms with van der Waals surface area (Å²) < 4.78 is 1.74. The van der Waals surface area contributed by atoms with E-state index in [0.717, 1.165) is 17.2 Å². The molecule has 6 nitrogen and oxygen atoms in total. The summed E-state index contributed by atoms with van der Waals surface area (Å²) in [5.74, 6) is 0.753. The number of hydrogen-bond acceptors (Lipinski definition) is 3. The highest BCUT2D eigenvalue weighted by Gasteiger charge is 2.22. The van der Waals surface area contributed by atoms with Gasteiger partial charge in [-0.1, -0.05) is 30.3 Å². The Morgan fingerprint density at radius 2 is 2.00 bits per heavy atom. The van der Waals surface area contributed by atoms with Gasteiger partial charge in [0.15, 0.2) is 0 Å². The highest BCUT2D eigenvalue weighted by molar-refractivity contribution is 5.88. The van der Waals surface area contributed by atoms with E-state index < -0.39 is 0 Å². The second-order valence-electron chi connectivity index (χ2n) is 6.57. The topological polar surface area (TPSA) is 71.8 Å². The van der Waals surface area contributed by atoms with Crippen molar-refractivity contribution < 1.29 is 4.79 Å². The lowest BCUT2D eigenvalue weighted by Crippen LogP contribution is -2.28. The summed E-state index contributed by atoms with van der Waals surface area (Å²) >= 11 is 0. The fourth-order valence-corrected chi connectivity index (χ4v) is 2.85. The van der Waals surface area contributed by atoms with Crippen molar-refractivity contribution in [1.82, 2.24) is 20.1 Å². The van der Waals surface area contributed by atoms with E-state index in [1.54, 1.807) is 23.3 Å². The SMILES string of the molecule is O=C(NCc1ccc(C2CC2)cc1)Nc1cnn(Cc2ccccn2)c1. The lowest BCUT2D eigenvalue weighted by Gasteiger charge is -2.07. The average Bonchev–Trinajstić information content (AvgIpc) is 3.43. The van der Waals surface area contributed by atoms with E-state index in [2.05, 4.69) is 45.0 Å². The Hall–Kier alpha value is -3.15. The van der Waals surface area contributed by atoms with Crippen LogP contribution in [0.3, 0.4) is 0 Å². The van der Waals surface area contributed by atoms with Crippen molar-refractivity contribution in [3.05, 3.63) is 77.9 Å². The zero-order chi connectivity index (χ0) is 17.8. The summed E-state index contributed by atoms with van der Waals surface area (Å²) in [5.41, 5.74) is 4.07. The van der Waals surface area contributed by atoms with Gasteiger partial charge in [-0.3, -0.25) is 9.67 Å². The molecule has 1 aromatic carbocycles. The van der Waals surface area contributed by atoms with Gasteiger partial charge in [0.2, 0.25) is 0 Å². The molecule has 0 atom stereocenters. The van der Waals surface area contributed by atoms with E-state index in [0.29, 0.717) is 18.8 Å². The molecule has 0 aliphatic heterocycles. The Bertz CT molecular complexity index is 869. The fourth-order valence-electron chi connectivity index (χ4n) is 2.85. The highest BCUT2D eigenvalue weighted by atomic mass is 16.2. The van der Waals surface area contributed by atoms with Crippen LogP contribution < -0.4 is 10.6 Å². The van der Waals surface area contributed by atoms with Crippen LogP contribution >= 0.6 is 0 Å². The molecule has 0 spiro atoms. The molecule has 26 heavy (non-hydrogen) atoms. The molecule has 0 radical (unpaired) electrons. The van der Waals surface area contributed by atoms with Crippen LogP contribution in [0.5, 0.6) is 0 Å². The number of rotatable bonds is 6. The number of carbonyl (C=O) groups is 1. The minimum absolute atomic E-state index is 0.242. The number of carbonyl (C=O) groups excluding carboxylic acids is 1. The number of hydrogen-bond donors (Lipinski definition) is 2. The minimum atomic E-state index is -0.242. The van der Waals surface area contributed by atoms with E-state index in [9.17, 15) is 4.79 Å². The van der Waals surface area contributed by atoms with Gasteiger partial charge in [-0.15, -0.1) is 0 Å². The van der Waals surface area contributed by atoms with Crippen molar-refractivity contribution in [3.63, 3.8) is 0 Å². The maximum Gasteiger partial charge on any atom is 0.319 e. The first-order chi connectivity index (χ1) is 12.8. The molecule has 3 aromatic rings. The molecule has 2 heterocycles. The predicted molar refractivity (Wildman–Crippen MR) is 99.8 cm³/mol. The van der Waals surface area contributed by atoms with E-state index in [-0.39, 0.29) is 6.03 Å². The number of urea groups is 1. The first-order valence-electron chi connectivity index (χ1n) is 8.82. The van der Waals surface area contributed by atoms with Crippen molar-refractivity contribution in [3.8, 4) is 0 Å². The third-order valence-corrected chi connectivity index (χ3v) is 4.42. The Balaban J connectivity index is 1.26. The third kappa shape index (κ3) is 4.27. The van der Waals surface area contributed by atoms with Crippen LogP contribution in [-0.4, -0.2) is 20.8 Å². The number of amides is 2. The molecule has 1 fully saturated rings. The van der Waals surface area contributed by atoms with Gasteiger partial charge in [0.25, 0.3) is 0 Å². The fraction of sp³-hybridized carbons (Fsp3) is 0.250. The van der Waals surface area contributed by atoms with Crippen molar-refractivity contribution in [2.45, 2.75) is 31.8 Å². The van der Waals surface area contributed by atoms with Crippen molar-refractivity contribution >= 4 is 11.7 Å². The monoisotopic (exact) mass is 347 g/mol. The molecule has 0 unspecified atom stereocenters. The quantitative estimate of drug-likeness (QED) is 0.716. The van der Waals surface area contributed by atoms with Crippen molar-refractivity contribution in [1.29, 1.82) is 0 Å². The number of aromatic nitrogens is 3.